The first-order chi connectivity index (χ1) is 16.3. The maximum Gasteiger partial charge on any atom is 0.269 e. The molecule has 4 aromatic rings. The molecule has 9 heteroatoms. The van der Waals surface area contributed by atoms with Crippen LogP contribution in [0.2, 0.25) is 0 Å². The van der Waals surface area contributed by atoms with Crippen molar-refractivity contribution in [3.05, 3.63) is 92.7 Å². The van der Waals surface area contributed by atoms with Gasteiger partial charge in [-0.15, -0.1) is 0 Å². The number of hydrogen-bond donors (Lipinski definition) is 1. The molecule has 9 nitrogen and oxygen atoms in total. The number of rotatable bonds is 5. The van der Waals surface area contributed by atoms with Crippen LogP contribution in [0.1, 0.15) is 27.8 Å². The van der Waals surface area contributed by atoms with Gasteiger partial charge in [0.2, 0.25) is 5.91 Å². The SMILES string of the molecule is Cc1cc(C)c2nc(-n3ncc(C#N)c3NC(=O)/C=C/c3ccc([N+](=O)[O-])cc3)cc(C)c2c1. The van der Waals surface area contributed by atoms with E-state index in [0.717, 1.165) is 27.6 Å². The fourth-order valence-electron chi connectivity index (χ4n) is 3.70. The molecule has 0 aliphatic carbocycles. The number of nitro benzene ring substituents is 1. The summed E-state index contributed by atoms with van der Waals surface area (Å²) in [5, 5.41) is 28.3. The summed E-state index contributed by atoms with van der Waals surface area (Å²) >= 11 is 0. The van der Waals surface area contributed by atoms with Crippen LogP contribution in [0.15, 0.2) is 54.7 Å². The Morgan fingerprint density at radius 3 is 2.56 bits per heavy atom. The Morgan fingerprint density at radius 2 is 1.88 bits per heavy atom. The molecule has 0 spiro atoms. The second-order valence-electron chi connectivity index (χ2n) is 7.88. The van der Waals surface area contributed by atoms with Gasteiger partial charge in [0.1, 0.15) is 11.6 Å². The van der Waals surface area contributed by atoms with E-state index in [1.807, 2.05) is 39.0 Å². The largest absolute Gasteiger partial charge is 0.306 e. The lowest BCUT2D eigenvalue weighted by Crippen LogP contribution is -2.14. The van der Waals surface area contributed by atoms with Crippen molar-refractivity contribution in [1.82, 2.24) is 14.8 Å². The van der Waals surface area contributed by atoms with Crippen molar-refractivity contribution < 1.29 is 9.72 Å². The number of fused-ring (bicyclic) bond motifs is 1. The minimum atomic E-state index is -0.490. The third-order valence-corrected chi connectivity index (χ3v) is 5.32. The van der Waals surface area contributed by atoms with Crippen LogP contribution in [-0.2, 0) is 4.79 Å². The Kier molecular flexibility index (Phi) is 5.89. The van der Waals surface area contributed by atoms with E-state index in [4.69, 9.17) is 4.98 Å². The Balaban J connectivity index is 1.66. The summed E-state index contributed by atoms with van der Waals surface area (Å²) in [5.41, 5.74) is 4.75. The Morgan fingerprint density at radius 1 is 1.15 bits per heavy atom. The summed E-state index contributed by atoms with van der Waals surface area (Å²) in [6.45, 7) is 6.00. The maximum absolute atomic E-state index is 12.6. The predicted octanol–water partition coefficient (Wildman–Crippen LogP) is 4.78. The van der Waals surface area contributed by atoms with Gasteiger partial charge in [-0.2, -0.15) is 15.0 Å². The first-order valence-electron chi connectivity index (χ1n) is 10.4. The highest BCUT2D eigenvalue weighted by atomic mass is 16.6. The number of non-ortho nitro benzene ring substituents is 1. The van der Waals surface area contributed by atoms with E-state index >= 15 is 0 Å². The van der Waals surface area contributed by atoms with Gasteiger partial charge in [0.15, 0.2) is 11.6 Å². The molecule has 34 heavy (non-hydrogen) atoms. The molecule has 2 aromatic carbocycles. The molecule has 2 aromatic heterocycles. The number of nitriles is 1. The van der Waals surface area contributed by atoms with Gasteiger partial charge in [0, 0.05) is 23.6 Å². The molecule has 4 rings (SSSR count). The molecule has 1 N–H and O–H groups in total. The molecule has 0 aliphatic rings. The zero-order chi connectivity index (χ0) is 24.4. The van der Waals surface area contributed by atoms with E-state index in [0.29, 0.717) is 11.4 Å². The van der Waals surface area contributed by atoms with Crippen molar-refractivity contribution in [2.45, 2.75) is 20.8 Å². The molecule has 0 saturated carbocycles. The van der Waals surface area contributed by atoms with Crippen LogP contribution in [0.5, 0.6) is 0 Å². The Hall–Kier alpha value is -4.84. The molecule has 2 heterocycles. The number of amides is 1. The van der Waals surface area contributed by atoms with Crippen molar-refractivity contribution in [1.29, 1.82) is 5.26 Å². The molecular formula is C25H20N6O3. The average Bonchev–Trinajstić information content (AvgIpc) is 3.21. The fraction of sp³-hybridized carbons (Fsp3) is 0.120. The summed E-state index contributed by atoms with van der Waals surface area (Å²) in [5.74, 6) is 0.200. The van der Waals surface area contributed by atoms with E-state index in [9.17, 15) is 20.2 Å². The number of nitro groups is 1. The van der Waals surface area contributed by atoms with Gasteiger partial charge >= 0.3 is 0 Å². The lowest BCUT2D eigenvalue weighted by molar-refractivity contribution is -0.384. The van der Waals surface area contributed by atoms with Gasteiger partial charge in [-0.25, -0.2) is 4.98 Å². The van der Waals surface area contributed by atoms with Crippen molar-refractivity contribution in [3.8, 4) is 11.9 Å². The molecule has 0 saturated heterocycles. The van der Waals surface area contributed by atoms with Gasteiger partial charge in [-0.1, -0.05) is 11.6 Å². The van der Waals surface area contributed by atoms with Crippen LogP contribution in [0.25, 0.3) is 22.8 Å². The third kappa shape index (κ3) is 4.38. The molecule has 168 valence electrons. The van der Waals surface area contributed by atoms with Gasteiger partial charge in [0.25, 0.3) is 5.69 Å². The van der Waals surface area contributed by atoms with E-state index in [2.05, 4.69) is 16.5 Å². The number of hydrogen-bond acceptors (Lipinski definition) is 6. The number of aromatic nitrogens is 3. The minimum absolute atomic E-state index is 0.0345. The summed E-state index contributed by atoms with van der Waals surface area (Å²) < 4.78 is 1.43. The van der Waals surface area contributed by atoms with Crippen molar-refractivity contribution >= 4 is 34.4 Å². The van der Waals surface area contributed by atoms with E-state index in [-0.39, 0.29) is 17.1 Å². The summed E-state index contributed by atoms with van der Waals surface area (Å²) in [6.07, 6.45) is 4.18. The number of nitrogens with one attached hydrogen (secondary N) is 1. The highest BCUT2D eigenvalue weighted by Crippen LogP contribution is 2.26. The topological polar surface area (TPSA) is 127 Å². The lowest BCUT2D eigenvalue weighted by atomic mass is 10.0. The van der Waals surface area contributed by atoms with Gasteiger partial charge in [0.05, 0.1) is 16.6 Å². The molecular weight excluding hydrogens is 432 g/mol. The van der Waals surface area contributed by atoms with E-state index in [1.54, 1.807) is 12.1 Å². The van der Waals surface area contributed by atoms with Crippen LogP contribution < -0.4 is 5.32 Å². The normalized spacial score (nSPS) is 11.0. The molecule has 0 aliphatic heterocycles. The number of benzene rings is 2. The van der Waals surface area contributed by atoms with Crippen LogP contribution in [0.4, 0.5) is 11.5 Å². The van der Waals surface area contributed by atoms with Crippen LogP contribution >= 0.6 is 0 Å². The molecule has 1 amide bonds. The van der Waals surface area contributed by atoms with Gasteiger partial charge in [-0.3, -0.25) is 14.9 Å². The molecule has 0 bridgehead atoms. The summed E-state index contributed by atoms with van der Waals surface area (Å²) in [6, 6.07) is 13.8. The lowest BCUT2D eigenvalue weighted by Gasteiger charge is -2.12. The standard InChI is InChI=1S/C25H20N6O3/c1-15-10-17(3)24-21(11-15)16(2)12-22(28-24)30-25(19(13-26)14-27-30)29-23(32)9-6-18-4-7-20(8-5-18)31(33)34/h4-12,14H,1-3H3,(H,29,32)/b9-6+. The number of pyridine rings is 1. The molecule has 0 unspecified atom stereocenters. The monoisotopic (exact) mass is 452 g/mol. The van der Waals surface area contributed by atoms with Crippen LogP contribution in [0, 0.1) is 42.2 Å². The number of carbonyl (C=O) groups is 1. The predicted molar refractivity (Wildman–Crippen MR) is 129 cm³/mol. The first-order valence-corrected chi connectivity index (χ1v) is 10.4. The van der Waals surface area contributed by atoms with E-state index < -0.39 is 10.8 Å². The van der Waals surface area contributed by atoms with Gasteiger partial charge in [-0.05, 0) is 67.8 Å². The quantitative estimate of drug-likeness (QED) is 0.264. The fourth-order valence-corrected chi connectivity index (χ4v) is 3.70. The second kappa shape index (κ2) is 8.96. The van der Waals surface area contributed by atoms with Crippen molar-refractivity contribution in [3.63, 3.8) is 0 Å². The zero-order valence-electron chi connectivity index (χ0n) is 18.7. The number of aryl methyl sites for hydroxylation is 3. The average molecular weight is 452 g/mol. The van der Waals surface area contributed by atoms with E-state index in [1.165, 1.54) is 35.2 Å². The third-order valence-electron chi connectivity index (χ3n) is 5.32. The van der Waals surface area contributed by atoms with Crippen molar-refractivity contribution in [2.24, 2.45) is 0 Å². The number of anilines is 1. The number of nitrogens with zero attached hydrogens (tertiary/aromatic N) is 5. The van der Waals surface area contributed by atoms with Gasteiger partial charge < -0.3 is 5.32 Å². The first kappa shape index (κ1) is 22.4. The summed E-state index contributed by atoms with van der Waals surface area (Å²) in [7, 11) is 0. The molecule has 0 fully saturated rings. The number of carbonyl (C=O) groups excluding carboxylic acids is 1. The minimum Gasteiger partial charge on any atom is -0.306 e. The second-order valence-corrected chi connectivity index (χ2v) is 7.88. The highest BCUT2D eigenvalue weighted by molar-refractivity contribution is 6.02. The Labute approximate surface area is 195 Å². The smallest absolute Gasteiger partial charge is 0.269 e. The maximum atomic E-state index is 12.6. The van der Waals surface area contributed by atoms with Crippen LogP contribution in [-0.4, -0.2) is 25.6 Å². The van der Waals surface area contributed by atoms with Crippen molar-refractivity contribution in [2.75, 3.05) is 5.32 Å². The van der Waals surface area contributed by atoms with Crippen LogP contribution in [0.3, 0.4) is 0 Å². The Bertz CT molecular complexity index is 1510. The highest BCUT2D eigenvalue weighted by Gasteiger charge is 2.17. The molecule has 0 radical (unpaired) electrons. The zero-order valence-corrected chi connectivity index (χ0v) is 18.7. The summed E-state index contributed by atoms with van der Waals surface area (Å²) in [4.78, 5) is 27.6. The molecule has 0 atom stereocenters.